The fraction of sp³-hybridized carbons (Fsp3) is 0.263. The Morgan fingerprint density at radius 2 is 1.51 bits per heavy atom. The number of nitrogens with one attached hydrogen (secondary N) is 1. The predicted molar refractivity (Wildman–Crippen MR) is 177 cm³/mol. The van der Waals surface area contributed by atoms with Gasteiger partial charge in [-0.05, 0) is 78.6 Å². The molecule has 1 fully saturated rings. The lowest BCUT2D eigenvalue weighted by atomic mass is 9.96. The van der Waals surface area contributed by atoms with Crippen LogP contribution in [-0.4, -0.2) is 31.1 Å². The molecule has 0 spiro atoms. The first-order valence-electron chi connectivity index (χ1n) is 15.6. The molecule has 6 nitrogen and oxygen atoms in total. The van der Waals surface area contributed by atoms with E-state index in [0.29, 0.717) is 36.0 Å². The molecule has 45 heavy (non-hydrogen) atoms. The highest BCUT2D eigenvalue weighted by atomic mass is 19.1. The number of unbranched alkanes of at least 4 members (excludes halogenated alkanes) is 2. The summed E-state index contributed by atoms with van der Waals surface area (Å²) in [5.41, 5.74) is 3.98. The van der Waals surface area contributed by atoms with E-state index < -0.39 is 17.9 Å². The number of carbonyl (C=O) groups excluding carboxylic acids is 2. The van der Waals surface area contributed by atoms with Crippen molar-refractivity contribution in [2.45, 2.75) is 51.6 Å². The summed E-state index contributed by atoms with van der Waals surface area (Å²) in [5, 5.41) is 3.07. The van der Waals surface area contributed by atoms with Gasteiger partial charge in [-0.3, -0.25) is 9.69 Å². The van der Waals surface area contributed by atoms with Crippen molar-refractivity contribution in [3.8, 4) is 22.6 Å². The van der Waals surface area contributed by atoms with Gasteiger partial charge >= 0.3 is 6.03 Å². The first-order valence-corrected chi connectivity index (χ1v) is 15.6. The van der Waals surface area contributed by atoms with Gasteiger partial charge in [-0.2, -0.15) is 0 Å². The van der Waals surface area contributed by atoms with Crippen molar-refractivity contribution in [1.82, 2.24) is 5.32 Å². The van der Waals surface area contributed by atoms with E-state index >= 15 is 0 Å². The third kappa shape index (κ3) is 7.79. The van der Waals surface area contributed by atoms with E-state index in [1.807, 2.05) is 72.8 Å². The highest BCUT2D eigenvalue weighted by Gasteiger charge is 2.41. The van der Waals surface area contributed by atoms with Crippen LogP contribution in [0.3, 0.4) is 0 Å². The molecule has 0 unspecified atom stereocenters. The number of benzene rings is 4. The molecule has 1 N–H and O–H groups in total. The van der Waals surface area contributed by atoms with Crippen molar-refractivity contribution in [1.29, 1.82) is 0 Å². The lowest BCUT2D eigenvalue weighted by Gasteiger charge is -2.28. The van der Waals surface area contributed by atoms with E-state index in [2.05, 4.69) is 19.2 Å². The summed E-state index contributed by atoms with van der Waals surface area (Å²) in [4.78, 5) is 28.4. The number of ketones is 1. The van der Waals surface area contributed by atoms with Crippen molar-refractivity contribution in [3.05, 3.63) is 126 Å². The third-order valence-electron chi connectivity index (χ3n) is 7.79. The van der Waals surface area contributed by atoms with Crippen molar-refractivity contribution in [2.24, 2.45) is 0 Å². The second-order valence-corrected chi connectivity index (χ2v) is 11.0. The zero-order valence-corrected chi connectivity index (χ0v) is 25.7. The normalized spacial score (nSPS) is 16.2. The Morgan fingerprint density at radius 3 is 2.20 bits per heavy atom. The van der Waals surface area contributed by atoms with Crippen LogP contribution in [0.15, 0.2) is 109 Å². The monoisotopic (exact) mass is 606 g/mol. The molecule has 1 aliphatic heterocycles. The van der Waals surface area contributed by atoms with Crippen LogP contribution in [0.1, 0.15) is 61.5 Å². The Kier molecular flexibility index (Phi) is 10.6. The Balaban J connectivity index is 1.53. The number of hydrogen-bond donors (Lipinski definition) is 1. The van der Waals surface area contributed by atoms with Crippen molar-refractivity contribution >= 4 is 17.5 Å². The molecule has 1 aliphatic rings. The van der Waals surface area contributed by atoms with Crippen LogP contribution < -0.4 is 19.7 Å². The van der Waals surface area contributed by atoms with Gasteiger partial charge in [0.15, 0.2) is 5.78 Å². The highest BCUT2D eigenvalue weighted by Crippen LogP contribution is 2.41. The van der Waals surface area contributed by atoms with Gasteiger partial charge in [0.1, 0.15) is 17.3 Å². The number of amides is 2. The first-order chi connectivity index (χ1) is 22.0. The Hall–Kier alpha value is -4.91. The van der Waals surface area contributed by atoms with E-state index in [9.17, 15) is 14.0 Å². The van der Waals surface area contributed by atoms with Gasteiger partial charge in [-0.15, -0.1) is 0 Å². The maximum atomic E-state index is 13.7. The van der Waals surface area contributed by atoms with Crippen LogP contribution in [0, 0.1) is 5.82 Å². The molecule has 1 saturated heterocycles. The van der Waals surface area contributed by atoms with Crippen LogP contribution in [-0.2, 0) is 0 Å². The van der Waals surface area contributed by atoms with Crippen LogP contribution >= 0.6 is 0 Å². The van der Waals surface area contributed by atoms with Crippen LogP contribution in [0.25, 0.3) is 11.1 Å². The zero-order chi connectivity index (χ0) is 31.6. The molecule has 0 aliphatic carbocycles. The Bertz CT molecular complexity index is 1600. The second-order valence-electron chi connectivity index (χ2n) is 11.0. The van der Waals surface area contributed by atoms with E-state index in [-0.39, 0.29) is 11.8 Å². The average molecular weight is 607 g/mol. The number of anilines is 1. The summed E-state index contributed by atoms with van der Waals surface area (Å²) in [7, 11) is 0. The summed E-state index contributed by atoms with van der Waals surface area (Å²) in [6.45, 7) is 5.34. The highest BCUT2D eigenvalue weighted by molar-refractivity contribution is 6.05. The predicted octanol–water partition coefficient (Wildman–Crippen LogP) is 8.93. The molecule has 1 heterocycles. The molecule has 232 valence electrons. The maximum absolute atomic E-state index is 13.7. The van der Waals surface area contributed by atoms with Gasteiger partial charge in [0.25, 0.3) is 0 Å². The molecule has 5 rings (SSSR count). The van der Waals surface area contributed by atoms with Crippen LogP contribution in [0.5, 0.6) is 11.5 Å². The quantitative estimate of drug-likeness (QED) is 0.0884. The van der Waals surface area contributed by atoms with Crippen LogP contribution in [0.2, 0.25) is 0 Å². The maximum Gasteiger partial charge on any atom is 0.323 e. The van der Waals surface area contributed by atoms with Crippen molar-refractivity contribution < 1.29 is 23.5 Å². The van der Waals surface area contributed by atoms with Gasteiger partial charge in [-0.1, -0.05) is 75.2 Å². The van der Waals surface area contributed by atoms with Crippen molar-refractivity contribution in [3.63, 3.8) is 0 Å². The summed E-state index contributed by atoms with van der Waals surface area (Å²) in [6, 6.07) is 27.7. The minimum atomic E-state index is -0.559. The van der Waals surface area contributed by atoms with Gasteiger partial charge in [-0.25, -0.2) is 9.18 Å². The van der Waals surface area contributed by atoms with Gasteiger partial charge in [0.2, 0.25) is 0 Å². The molecule has 2 atom stereocenters. The standard InChI is InChI=1S/C38H39FN2O4/c1-3-5-24-44-32-20-21-33(36(26-32)45-25-6-4-2)37-34(22-23-35(42)29-12-16-30(39)17-13-29)40-38(43)41(37)31-18-14-28(15-19-31)27-10-8-7-9-11-27/h7-23,26,34,37H,3-6,24-25H2,1-2H3,(H,40,43)/b23-22+/t34-,37+/m0/s1. The number of hydrogen-bond acceptors (Lipinski definition) is 4. The average Bonchev–Trinajstić information content (AvgIpc) is 3.40. The summed E-state index contributed by atoms with van der Waals surface area (Å²) in [6.07, 6.45) is 6.96. The van der Waals surface area contributed by atoms with E-state index in [1.54, 1.807) is 11.0 Å². The minimum absolute atomic E-state index is 0.284. The van der Waals surface area contributed by atoms with Gasteiger partial charge in [0, 0.05) is 22.9 Å². The minimum Gasteiger partial charge on any atom is -0.493 e. The molecule has 0 aromatic heterocycles. The lowest BCUT2D eigenvalue weighted by Crippen LogP contribution is -2.30. The largest absolute Gasteiger partial charge is 0.493 e. The fourth-order valence-electron chi connectivity index (χ4n) is 5.32. The smallest absolute Gasteiger partial charge is 0.323 e. The van der Waals surface area contributed by atoms with Crippen LogP contribution in [0.4, 0.5) is 14.9 Å². The molecule has 0 bridgehead atoms. The molecular formula is C38H39FN2O4. The first kappa shape index (κ1) is 31.5. The van der Waals surface area contributed by atoms with E-state index in [0.717, 1.165) is 42.4 Å². The van der Waals surface area contributed by atoms with E-state index in [4.69, 9.17) is 9.47 Å². The molecule has 2 amide bonds. The number of ether oxygens (including phenoxy) is 2. The molecule has 4 aromatic rings. The number of halogens is 1. The number of nitrogens with zero attached hydrogens (tertiary/aromatic N) is 1. The van der Waals surface area contributed by atoms with E-state index in [1.165, 1.54) is 30.3 Å². The summed E-state index contributed by atoms with van der Waals surface area (Å²) in [5.74, 6) is 0.638. The number of urea groups is 1. The van der Waals surface area contributed by atoms with Crippen molar-refractivity contribution in [2.75, 3.05) is 18.1 Å². The Labute approximate surface area is 264 Å². The molecule has 0 saturated carbocycles. The molecular weight excluding hydrogens is 567 g/mol. The summed E-state index contributed by atoms with van der Waals surface area (Å²) >= 11 is 0. The SMILES string of the molecule is CCCCOc1ccc([C@@H]2[C@H](/C=C/C(=O)c3ccc(F)cc3)NC(=O)N2c2ccc(-c3ccccc3)cc2)c(OCCCC)c1. The Morgan fingerprint density at radius 1 is 0.844 bits per heavy atom. The molecule has 7 heteroatoms. The van der Waals surface area contributed by atoms with Gasteiger partial charge in [0.05, 0.1) is 25.3 Å². The fourth-order valence-corrected chi connectivity index (χ4v) is 5.32. The van der Waals surface area contributed by atoms with Gasteiger partial charge < -0.3 is 14.8 Å². The number of allylic oxidation sites excluding steroid dienone is 1. The topological polar surface area (TPSA) is 67.9 Å². The zero-order valence-electron chi connectivity index (χ0n) is 25.7. The molecule has 0 radical (unpaired) electrons. The number of carbonyl (C=O) groups is 2. The third-order valence-corrected chi connectivity index (χ3v) is 7.79. The summed E-state index contributed by atoms with van der Waals surface area (Å²) < 4.78 is 25.8. The lowest BCUT2D eigenvalue weighted by molar-refractivity contribution is 0.104. The number of rotatable bonds is 14. The second kappa shape index (κ2) is 15.2. The molecule has 4 aromatic carbocycles.